The van der Waals surface area contributed by atoms with E-state index in [1.54, 1.807) is 11.8 Å². The van der Waals surface area contributed by atoms with Gasteiger partial charge in [0.05, 0.1) is 23.5 Å². The summed E-state index contributed by atoms with van der Waals surface area (Å²) in [5.41, 5.74) is -0.0392. The third-order valence-electron chi connectivity index (χ3n) is 4.06. The SMILES string of the molecule is Cc1nc(-c2cc(F)c(F)c(O)c2F)sc1C(=O)N1C[C@@H](C)O[C@@H](C)C1. The van der Waals surface area contributed by atoms with Gasteiger partial charge in [-0.1, -0.05) is 0 Å². The van der Waals surface area contributed by atoms with Crippen LogP contribution < -0.4 is 0 Å². The highest BCUT2D eigenvalue weighted by Crippen LogP contribution is 2.36. The molecule has 0 radical (unpaired) electrons. The second-order valence-electron chi connectivity index (χ2n) is 6.28. The molecule has 9 heteroatoms. The lowest BCUT2D eigenvalue weighted by Gasteiger charge is -2.35. The largest absolute Gasteiger partial charge is 0.503 e. The van der Waals surface area contributed by atoms with Crippen molar-refractivity contribution < 1.29 is 27.8 Å². The van der Waals surface area contributed by atoms with Crippen LogP contribution in [-0.2, 0) is 4.74 Å². The molecule has 2 aromatic rings. The second kappa shape index (κ2) is 6.88. The van der Waals surface area contributed by atoms with Gasteiger partial charge in [0.1, 0.15) is 9.88 Å². The van der Waals surface area contributed by atoms with Crippen LogP contribution in [-0.4, -0.2) is 46.2 Å². The normalized spacial score (nSPS) is 20.5. The standard InChI is InChI=1S/C17H17F3N2O3S/c1-7-5-22(6-8(2)25-7)17(24)15-9(3)21-16(26-15)10-4-11(18)13(20)14(23)12(10)19/h4,7-8,23H,5-6H2,1-3H3/t7-,8+. The second-order valence-corrected chi connectivity index (χ2v) is 7.28. The summed E-state index contributed by atoms with van der Waals surface area (Å²) in [6.07, 6.45) is -0.230. The van der Waals surface area contributed by atoms with E-state index in [0.717, 1.165) is 11.3 Å². The Hall–Kier alpha value is -2.13. The smallest absolute Gasteiger partial charge is 0.266 e. The number of halogens is 3. The monoisotopic (exact) mass is 386 g/mol. The maximum absolute atomic E-state index is 14.1. The molecule has 1 aliphatic rings. The van der Waals surface area contributed by atoms with Crippen molar-refractivity contribution in [3.8, 4) is 16.3 Å². The zero-order valence-electron chi connectivity index (χ0n) is 14.3. The molecule has 1 aliphatic heterocycles. The highest BCUT2D eigenvalue weighted by atomic mass is 32.1. The van der Waals surface area contributed by atoms with Crippen LogP contribution in [0.25, 0.3) is 10.6 Å². The number of aromatic hydroxyl groups is 1. The first-order valence-corrected chi connectivity index (χ1v) is 8.79. The van der Waals surface area contributed by atoms with E-state index in [1.807, 2.05) is 13.8 Å². The van der Waals surface area contributed by atoms with Gasteiger partial charge in [-0.25, -0.2) is 13.8 Å². The molecule has 140 valence electrons. The molecule has 2 heterocycles. The van der Waals surface area contributed by atoms with Gasteiger partial charge >= 0.3 is 0 Å². The van der Waals surface area contributed by atoms with Crippen LogP contribution in [0.4, 0.5) is 13.2 Å². The average Bonchev–Trinajstić information content (AvgIpc) is 2.96. The summed E-state index contributed by atoms with van der Waals surface area (Å²) < 4.78 is 46.5. The van der Waals surface area contributed by atoms with Crippen molar-refractivity contribution in [2.75, 3.05) is 13.1 Å². The molecule has 1 fully saturated rings. The first-order valence-electron chi connectivity index (χ1n) is 7.98. The van der Waals surface area contributed by atoms with E-state index in [4.69, 9.17) is 4.74 Å². The Morgan fingerprint density at radius 2 is 1.88 bits per heavy atom. The fraction of sp³-hybridized carbons (Fsp3) is 0.412. The maximum atomic E-state index is 14.1. The number of ether oxygens (including phenoxy) is 1. The number of hydrogen-bond donors (Lipinski definition) is 1. The lowest BCUT2D eigenvalue weighted by Crippen LogP contribution is -2.48. The third-order valence-corrected chi connectivity index (χ3v) is 5.24. The minimum absolute atomic E-state index is 0.00749. The van der Waals surface area contributed by atoms with Gasteiger partial charge in [0.2, 0.25) is 5.82 Å². The lowest BCUT2D eigenvalue weighted by atomic mass is 10.2. The first-order chi connectivity index (χ1) is 12.2. The van der Waals surface area contributed by atoms with E-state index in [9.17, 15) is 23.1 Å². The van der Waals surface area contributed by atoms with Gasteiger partial charge in [0, 0.05) is 13.1 Å². The average molecular weight is 386 g/mol. The zero-order chi connectivity index (χ0) is 19.2. The molecule has 0 saturated carbocycles. The molecule has 0 unspecified atom stereocenters. The molecule has 1 saturated heterocycles. The van der Waals surface area contributed by atoms with E-state index in [-0.39, 0.29) is 28.0 Å². The number of aromatic nitrogens is 1. The van der Waals surface area contributed by atoms with Crippen molar-refractivity contribution in [2.45, 2.75) is 33.0 Å². The van der Waals surface area contributed by atoms with Gasteiger partial charge in [-0.05, 0) is 26.8 Å². The van der Waals surface area contributed by atoms with E-state index >= 15 is 0 Å². The van der Waals surface area contributed by atoms with Crippen LogP contribution in [0.15, 0.2) is 6.07 Å². The van der Waals surface area contributed by atoms with Crippen LogP contribution in [0.1, 0.15) is 29.2 Å². The first kappa shape index (κ1) is 18.7. The molecule has 0 spiro atoms. The number of aryl methyl sites for hydroxylation is 1. The lowest BCUT2D eigenvalue weighted by molar-refractivity contribution is -0.0585. The molecular weight excluding hydrogens is 369 g/mol. The van der Waals surface area contributed by atoms with E-state index < -0.39 is 28.8 Å². The molecule has 1 aromatic heterocycles. The molecule has 1 amide bonds. The minimum atomic E-state index is -1.66. The molecule has 0 aliphatic carbocycles. The quantitative estimate of drug-likeness (QED) is 0.803. The fourth-order valence-corrected chi connectivity index (χ4v) is 3.99. The number of rotatable bonds is 2. The van der Waals surface area contributed by atoms with Crippen LogP contribution >= 0.6 is 11.3 Å². The van der Waals surface area contributed by atoms with E-state index in [0.29, 0.717) is 24.8 Å². The van der Waals surface area contributed by atoms with Crippen LogP contribution in [0.5, 0.6) is 5.75 Å². The predicted octanol–water partition coefficient (Wildman–Crippen LogP) is 3.49. The summed E-state index contributed by atoms with van der Waals surface area (Å²) in [6.45, 7) is 6.13. The fourth-order valence-electron chi connectivity index (χ4n) is 2.94. The highest BCUT2D eigenvalue weighted by molar-refractivity contribution is 7.17. The molecule has 26 heavy (non-hydrogen) atoms. The predicted molar refractivity (Wildman–Crippen MR) is 89.7 cm³/mol. The molecule has 0 bridgehead atoms. The van der Waals surface area contributed by atoms with Gasteiger partial charge in [-0.15, -0.1) is 11.3 Å². The topological polar surface area (TPSA) is 62.7 Å². The summed E-state index contributed by atoms with van der Waals surface area (Å²) in [7, 11) is 0. The zero-order valence-corrected chi connectivity index (χ0v) is 15.2. The van der Waals surface area contributed by atoms with Gasteiger partial charge < -0.3 is 14.7 Å². The molecular formula is C17H17F3N2O3S. The summed E-state index contributed by atoms with van der Waals surface area (Å²) in [5, 5.41) is 9.37. The molecule has 1 N–H and O–H groups in total. The third kappa shape index (κ3) is 3.28. The van der Waals surface area contributed by atoms with Crippen LogP contribution in [0, 0.1) is 24.4 Å². The van der Waals surface area contributed by atoms with Crippen molar-refractivity contribution >= 4 is 17.2 Å². The number of morpholine rings is 1. The number of phenolic OH excluding ortho intramolecular Hbond substituents is 1. The van der Waals surface area contributed by atoms with Crippen molar-refractivity contribution in [1.82, 2.24) is 9.88 Å². The number of carbonyl (C=O) groups is 1. The minimum Gasteiger partial charge on any atom is -0.503 e. The molecule has 5 nitrogen and oxygen atoms in total. The molecule has 3 rings (SSSR count). The van der Waals surface area contributed by atoms with Gasteiger partial charge in [0.15, 0.2) is 17.4 Å². The van der Waals surface area contributed by atoms with Crippen molar-refractivity contribution in [3.63, 3.8) is 0 Å². The summed E-state index contributed by atoms with van der Waals surface area (Å²) in [5.74, 6) is -6.05. The Morgan fingerprint density at radius 1 is 1.27 bits per heavy atom. The van der Waals surface area contributed by atoms with Crippen molar-refractivity contribution in [3.05, 3.63) is 34.1 Å². The van der Waals surface area contributed by atoms with E-state index in [2.05, 4.69) is 4.98 Å². The van der Waals surface area contributed by atoms with Gasteiger partial charge in [0.25, 0.3) is 5.91 Å². The summed E-state index contributed by atoms with van der Waals surface area (Å²) in [6, 6.07) is 0.621. The van der Waals surface area contributed by atoms with Crippen molar-refractivity contribution in [2.24, 2.45) is 0 Å². The Bertz CT molecular complexity index is 861. The Morgan fingerprint density at radius 3 is 2.50 bits per heavy atom. The van der Waals surface area contributed by atoms with Crippen molar-refractivity contribution in [1.29, 1.82) is 0 Å². The number of amides is 1. The molecule has 1 aromatic carbocycles. The Balaban J connectivity index is 1.97. The number of thiazole rings is 1. The Kier molecular flexibility index (Phi) is 4.94. The molecule has 2 atom stereocenters. The van der Waals surface area contributed by atoms with Crippen LogP contribution in [0.2, 0.25) is 0 Å². The van der Waals surface area contributed by atoms with Gasteiger partial charge in [-0.3, -0.25) is 4.79 Å². The summed E-state index contributed by atoms with van der Waals surface area (Å²) >= 11 is 0.871. The number of benzene rings is 1. The van der Waals surface area contributed by atoms with E-state index in [1.165, 1.54) is 0 Å². The number of carbonyl (C=O) groups excluding carboxylic acids is 1. The number of phenols is 1. The highest BCUT2D eigenvalue weighted by Gasteiger charge is 2.30. The Labute approximate surface area is 152 Å². The maximum Gasteiger partial charge on any atom is 0.266 e. The number of nitrogens with zero attached hydrogens (tertiary/aromatic N) is 2. The van der Waals surface area contributed by atoms with Gasteiger partial charge in [-0.2, -0.15) is 4.39 Å². The van der Waals surface area contributed by atoms with Crippen LogP contribution in [0.3, 0.4) is 0 Å². The summed E-state index contributed by atoms with van der Waals surface area (Å²) in [4.78, 5) is 18.8. The number of hydrogen-bond acceptors (Lipinski definition) is 5.